The van der Waals surface area contributed by atoms with Crippen LogP contribution in [0.2, 0.25) is 5.02 Å². The lowest BCUT2D eigenvalue weighted by Crippen LogP contribution is -2.32. The third-order valence-corrected chi connectivity index (χ3v) is 6.86. The summed E-state index contributed by atoms with van der Waals surface area (Å²) in [5, 5.41) is 0.530. The number of rotatable bonds is 9. The highest BCUT2D eigenvalue weighted by molar-refractivity contribution is 7.90. The number of sulfone groups is 1. The Kier molecular flexibility index (Phi) is 6.27. The Bertz CT molecular complexity index is 1310. The second kappa shape index (κ2) is 8.83. The molecule has 32 heavy (non-hydrogen) atoms. The van der Waals surface area contributed by atoms with Crippen molar-refractivity contribution < 1.29 is 17.9 Å². The van der Waals surface area contributed by atoms with E-state index in [4.69, 9.17) is 21.1 Å². The molecule has 1 aliphatic rings. The molecule has 1 aliphatic carbocycles. The number of halogens is 1. The highest BCUT2D eigenvalue weighted by Crippen LogP contribution is 2.35. The number of methoxy groups -OCH3 is 1. The third-order valence-electron chi connectivity index (χ3n) is 5.71. The van der Waals surface area contributed by atoms with Crippen molar-refractivity contribution in [1.82, 2.24) is 9.13 Å². The van der Waals surface area contributed by atoms with Gasteiger partial charge in [0.05, 0.1) is 36.5 Å². The summed E-state index contributed by atoms with van der Waals surface area (Å²) in [4.78, 5) is 13.6. The number of hydrogen-bond acceptors (Lipinski definition) is 5. The molecule has 9 heteroatoms. The number of nitrogens with zero attached hydrogens (tertiary/aromatic N) is 2. The maximum atomic E-state index is 13.6. The Morgan fingerprint density at radius 1 is 1.12 bits per heavy atom. The Labute approximate surface area is 192 Å². The van der Waals surface area contributed by atoms with E-state index in [0.717, 1.165) is 12.8 Å². The van der Waals surface area contributed by atoms with Crippen LogP contribution in [0, 0.1) is 5.92 Å². The number of imidazole rings is 1. The van der Waals surface area contributed by atoms with Gasteiger partial charge < -0.3 is 9.47 Å². The minimum Gasteiger partial charge on any atom is -0.493 e. The lowest BCUT2D eigenvalue weighted by molar-refractivity contribution is 0.310. The lowest BCUT2D eigenvalue weighted by atomic mass is 10.1. The topological polar surface area (TPSA) is 79.5 Å². The second-order valence-electron chi connectivity index (χ2n) is 8.29. The molecule has 0 aliphatic heterocycles. The van der Waals surface area contributed by atoms with Crippen molar-refractivity contribution in [3.05, 3.63) is 57.5 Å². The first-order valence-electron chi connectivity index (χ1n) is 10.6. The Morgan fingerprint density at radius 2 is 1.88 bits per heavy atom. The number of hydrogen-bond donors (Lipinski definition) is 0. The molecule has 172 valence electrons. The maximum absolute atomic E-state index is 13.6. The van der Waals surface area contributed by atoms with Gasteiger partial charge in [-0.15, -0.1) is 0 Å². The molecular formula is C23H27ClN2O5S. The average molecular weight is 479 g/mol. The van der Waals surface area contributed by atoms with Crippen LogP contribution >= 0.6 is 11.6 Å². The normalized spacial score (nSPS) is 15.1. The van der Waals surface area contributed by atoms with Gasteiger partial charge in [0.25, 0.3) is 0 Å². The molecule has 0 radical (unpaired) electrons. The van der Waals surface area contributed by atoms with Crippen molar-refractivity contribution >= 4 is 32.5 Å². The molecule has 1 aromatic heterocycles. The van der Waals surface area contributed by atoms with Gasteiger partial charge in [0.2, 0.25) is 0 Å². The largest absolute Gasteiger partial charge is 0.493 e. The predicted molar refractivity (Wildman–Crippen MR) is 126 cm³/mol. The molecule has 0 amide bonds. The molecule has 0 N–H and O–H groups in total. The van der Waals surface area contributed by atoms with E-state index in [1.54, 1.807) is 52.6 Å². The predicted octanol–water partition coefficient (Wildman–Crippen LogP) is 3.91. The maximum Gasteiger partial charge on any atom is 0.329 e. The van der Waals surface area contributed by atoms with Gasteiger partial charge in [-0.2, -0.15) is 0 Å². The number of ether oxygens (including phenoxy) is 2. The van der Waals surface area contributed by atoms with Crippen molar-refractivity contribution in [3.8, 4) is 11.5 Å². The fraction of sp³-hybridized carbons (Fsp3) is 0.435. The Hall–Kier alpha value is -2.45. The summed E-state index contributed by atoms with van der Waals surface area (Å²) in [6.07, 6.45) is 3.35. The van der Waals surface area contributed by atoms with Crippen molar-refractivity contribution in [2.75, 3.05) is 25.7 Å². The monoisotopic (exact) mass is 478 g/mol. The van der Waals surface area contributed by atoms with Crippen LogP contribution in [0.4, 0.5) is 0 Å². The Balaban J connectivity index is 1.94. The number of aromatic nitrogens is 2. The van der Waals surface area contributed by atoms with E-state index in [0.29, 0.717) is 52.2 Å². The summed E-state index contributed by atoms with van der Waals surface area (Å²) in [6, 6.07) is 9.82. The number of benzene rings is 2. The number of fused-ring (bicyclic) bond motifs is 1. The van der Waals surface area contributed by atoms with E-state index in [9.17, 15) is 13.2 Å². The van der Waals surface area contributed by atoms with Crippen LogP contribution in [0.5, 0.6) is 11.5 Å². The molecule has 1 heterocycles. The van der Waals surface area contributed by atoms with E-state index in [1.807, 2.05) is 6.92 Å². The van der Waals surface area contributed by atoms with E-state index in [2.05, 4.69) is 0 Å². The van der Waals surface area contributed by atoms with Crippen LogP contribution in [0.15, 0.2) is 41.2 Å². The van der Waals surface area contributed by atoms with E-state index < -0.39 is 15.9 Å². The van der Waals surface area contributed by atoms with Crippen LogP contribution < -0.4 is 15.2 Å². The molecule has 4 rings (SSSR count). The van der Waals surface area contributed by atoms with Crippen molar-refractivity contribution in [2.45, 2.75) is 32.4 Å². The van der Waals surface area contributed by atoms with Gasteiger partial charge in [0.15, 0.2) is 11.5 Å². The van der Waals surface area contributed by atoms with E-state index in [-0.39, 0.29) is 11.4 Å². The first-order chi connectivity index (χ1) is 15.2. The average Bonchev–Trinajstić information content (AvgIpc) is 3.51. The minimum atomic E-state index is -3.42. The van der Waals surface area contributed by atoms with Crippen LogP contribution in [-0.2, 0) is 16.4 Å². The van der Waals surface area contributed by atoms with Gasteiger partial charge in [0, 0.05) is 17.8 Å². The Morgan fingerprint density at radius 3 is 2.50 bits per heavy atom. The van der Waals surface area contributed by atoms with Gasteiger partial charge in [-0.25, -0.2) is 13.2 Å². The molecule has 0 saturated heterocycles. The summed E-state index contributed by atoms with van der Waals surface area (Å²) in [7, 11) is -1.88. The molecule has 7 nitrogen and oxygen atoms in total. The van der Waals surface area contributed by atoms with Crippen molar-refractivity contribution in [1.29, 1.82) is 0 Å². The quantitative estimate of drug-likeness (QED) is 0.466. The van der Waals surface area contributed by atoms with Crippen LogP contribution in [-0.4, -0.2) is 43.3 Å². The van der Waals surface area contributed by atoms with Crippen LogP contribution in [0.1, 0.15) is 31.4 Å². The SMILES string of the molecule is CCOc1cc([C@@H](CS(C)(=O)=O)n2c(=O)n(CC3CC3)c3cc(Cl)ccc32)ccc1OC. The summed E-state index contributed by atoms with van der Waals surface area (Å²) in [6.45, 7) is 2.89. The first-order valence-corrected chi connectivity index (χ1v) is 13.0. The standard InChI is InChI=1S/C23H27ClN2O5S/c1-4-31-22-11-16(7-10-21(22)30-2)20(14-32(3,28)29)26-18-9-8-17(24)12-19(18)25(23(26)27)13-15-5-6-15/h7-12,15,20H,4-6,13-14H2,1-3H3/t20-/m1/s1. The minimum absolute atomic E-state index is 0.226. The fourth-order valence-electron chi connectivity index (χ4n) is 4.06. The molecule has 0 spiro atoms. The van der Waals surface area contributed by atoms with Crippen molar-refractivity contribution in [3.63, 3.8) is 0 Å². The van der Waals surface area contributed by atoms with Gasteiger partial charge in [0.1, 0.15) is 9.84 Å². The van der Waals surface area contributed by atoms with E-state index >= 15 is 0 Å². The molecule has 2 aromatic carbocycles. The van der Waals surface area contributed by atoms with Gasteiger partial charge in [-0.1, -0.05) is 17.7 Å². The summed E-state index contributed by atoms with van der Waals surface area (Å²) < 4.78 is 39.2. The van der Waals surface area contributed by atoms with Crippen LogP contribution in [0.3, 0.4) is 0 Å². The molecule has 0 unspecified atom stereocenters. The highest BCUT2D eigenvalue weighted by atomic mass is 35.5. The lowest BCUT2D eigenvalue weighted by Gasteiger charge is -2.20. The van der Waals surface area contributed by atoms with Gasteiger partial charge in [-0.3, -0.25) is 9.13 Å². The van der Waals surface area contributed by atoms with Crippen LogP contribution in [0.25, 0.3) is 11.0 Å². The second-order valence-corrected chi connectivity index (χ2v) is 10.9. The van der Waals surface area contributed by atoms with Gasteiger partial charge >= 0.3 is 5.69 Å². The summed E-state index contributed by atoms with van der Waals surface area (Å²) >= 11 is 6.25. The summed E-state index contributed by atoms with van der Waals surface area (Å²) in [5.74, 6) is 1.29. The molecule has 1 fully saturated rings. The van der Waals surface area contributed by atoms with E-state index in [1.165, 1.54) is 6.26 Å². The van der Waals surface area contributed by atoms with Gasteiger partial charge in [-0.05, 0) is 61.6 Å². The fourth-order valence-corrected chi connectivity index (χ4v) is 5.15. The zero-order valence-corrected chi connectivity index (χ0v) is 19.9. The molecule has 1 saturated carbocycles. The molecule has 0 bridgehead atoms. The smallest absolute Gasteiger partial charge is 0.329 e. The highest BCUT2D eigenvalue weighted by Gasteiger charge is 2.29. The zero-order valence-electron chi connectivity index (χ0n) is 18.4. The summed E-state index contributed by atoms with van der Waals surface area (Å²) in [5.41, 5.74) is 1.78. The van der Waals surface area contributed by atoms with Crippen molar-refractivity contribution in [2.24, 2.45) is 5.92 Å². The molecule has 1 atom stereocenters. The molecular weight excluding hydrogens is 452 g/mol. The molecule has 3 aromatic rings. The first kappa shape index (κ1) is 22.7. The third kappa shape index (κ3) is 4.66. The zero-order chi connectivity index (χ0) is 23.0.